The largest absolute Gasteiger partial charge is 0.378 e. The number of thiophene rings is 1. The highest BCUT2D eigenvalue weighted by Crippen LogP contribution is 2.22. The number of anilines is 1. The van der Waals surface area contributed by atoms with Gasteiger partial charge in [0.2, 0.25) is 0 Å². The van der Waals surface area contributed by atoms with Crippen LogP contribution >= 0.6 is 27.3 Å². The minimum absolute atomic E-state index is 0.745. The maximum atomic E-state index is 4.33. The van der Waals surface area contributed by atoms with E-state index in [1.165, 1.54) is 11.9 Å². The van der Waals surface area contributed by atoms with E-state index < -0.39 is 0 Å². The molecule has 3 heterocycles. The van der Waals surface area contributed by atoms with Gasteiger partial charge in [-0.2, -0.15) is 5.10 Å². The summed E-state index contributed by atoms with van der Waals surface area (Å²) in [6.07, 6.45) is 4.87. The van der Waals surface area contributed by atoms with Crippen LogP contribution in [-0.4, -0.2) is 19.7 Å². The fraction of sp³-hybridized carbons (Fsp3) is 0.0833. The first kappa shape index (κ1) is 12.3. The van der Waals surface area contributed by atoms with E-state index in [0.717, 1.165) is 21.8 Å². The third kappa shape index (κ3) is 2.82. The van der Waals surface area contributed by atoms with E-state index in [4.69, 9.17) is 0 Å². The van der Waals surface area contributed by atoms with Crippen LogP contribution in [0.5, 0.6) is 0 Å². The van der Waals surface area contributed by atoms with E-state index in [1.807, 2.05) is 12.1 Å². The molecular formula is C12H10BrN5S. The Morgan fingerprint density at radius 1 is 1.42 bits per heavy atom. The second kappa shape index (κ2) is 5.50. The Balaban J connectivity index is 1.81. The molecule has 0 radical (unpaired) electrons. The number of halogens is 1. The Bertz CT molecular complexity index is 664. The van der Waals surface area contributed by atoms with Gasteiger partial charge in [-0.3, -0.25) is 0 Å². The van der Waals surface area contributed by atoms with Crippen molar-refractivity contribution in [3.05, 3.63) is 51.8 Å². The number of nitrogens with one attached hydrogen (secondary N) is 1. The van der Waals surface area contributed by atoms with Gasteiger partial charge in [0.15, 0.2) is 5.82 Å². The van der Waals surface area contributed by atoms with Crippen LogP contribution in [0.25, 0.3) is 5.82 Å². The molecule has 19 heavy (non-hydrogen) atoms. The average molecular weight is 336 g/mol. The molecule has 0 aromatic carbocycles. The smallest absolute Gasteiger partial charge is 0.178 e. The molecule has 3 rings (SSSR count). The maximum absolute atomic E-state index is 4.33. The molecule has 0 spiro atoms. The minimum Gasteiger partial charge on any atom is -0.378 e. The van der Waals surface area contributed by atoms with E-state index in [1.54, 1.807) is 28.5 Å². The Hall–Kier alpha value is -1.73. The van der Waals surface area contributed by atoms with Crippen molar-refractivity contribution in [2.45, 2.75) is 6.54 Å². The molecule has 0 aliphatic heterocycles. The fourth-order valence-electron chi connectivity index (χ4n) is 1.67. The van der Waals surface area contributed by atoms with Crippen LogP contribution < -0.4 is 5.32 Å². The van der Waals surface area contributed by atoms with Crippen LogP contribution in [0, 0.1) is 0 Å². The van der Waals surface area contributed by atoms with Crippen LogP contribution in [0.4, 0.5) is 5.69 Å². The Morgan fingerprint density at radius 2 is 2.37 bits per heavy atom. The van der Waals surface area contributed by atoms with E-state index >= 15 is 0 Å². The second-order valence-corrected chi connectivity index (χ2v) is 6.12. The SMILES string of the molecule is Brc1cc(CNc2cccnc2-n2cncn2)cs1. The molecule has 0 bridgehead atoms. The zero-order chi connectivity index (χ0) is 13.1. The molecule has 7 heteroatoms. The molecule has 0 aliphatic carbocycles. The summed E-state index contributed by atoms with van der Waals surface area (Å²) in [5.41, 5.74) is 2.15. The summed E-state index contributed by atoms with van der Waals surface area (Å²) in [5.74, 6) is 0.745. The van der Waals surface area contributed by atoms with Gasteiger partial charge >= 0.3 is 0 Å². The normalized spacial score (nSPS) is 10.6. The number of hydrogen-bond donors (Lipinski definition) is 1. The molecule has 1 N–H and O–H groups in total. The zero-order valence-corrected chi connectivity index (χ0v) is 12.2. The molecule has 0 unspecified atom stereocenters. The van der Waals surface area contributed by atoms with Crippen molar-refractivity contribution in [1.29, 1.82) is 0 Å². The second-order valence-electron chi connectivity index (χ2n) is 3.83. The molecule has 0 amide bonds. The van der Waals surface area contributed by atoms with Crippen molar-refractivity contribution < 1.29 is 0 Å². The lowest BCUT2D eigenvalue weighted by Crippen LogP contribution is -2.06. The molecular weight excluding hydrogens is 326 g/mol. The van der Waals surface area contributed by atoms with Crippen LogP contribution in [0.1, 0.15) is 5.56 Å². The van der Waals surface area contributed by atoms with Crippen LogP contribution in [0.15, 0.2) is 46.2 Å². The summed E-state index contributed by atoms with van der Waals surface area (Å²) in [5, 5.41) is 9.58. The lowest BCUT2D eigenvalue weighted by molar-refractivity contribution is 0.844. The number of rotatable bonds is 4. The first-order valence-electron chi connectivity index (χ1n) is 5.60. The van der Waals surface area contributed by atoms with E-state index in [9.17, 15) is 0 Å². The lowest BCUT2D eigenvalue weighted by Gasteiger charge is -2.09. The average Bonchev–Trinajstić information content (AvgIpc) is 3.08. The molecule has 0 fully saturated rings. The summed E-state index contributed by atoms with van der Waals surface area (Å²) in [7, 11) is 0. The molecule has 5 nitrogen and oxygen atoms in total. The summed E-state index contributed by atoms with van der Waals surface area (Å²) >= 11 is 5.14. The minimum atomic E-state index is 0.745. The quantitative estimate of drug-likeness (QED) is 0.795. The highest BCUT2D eigenvalue weighted by atomic mass is 79.9. The van der Waals surface area contributed by atoms with E-state index in [2.05, 4.69) is 47.8 Å². The standard InChI is InChI=1S/C12H10BrN5S/c13-11-4-9(6-19-11)5-16-10-2-1-3-15-12(10)18-8-14-7-17-18/h1-4,6-8,16H,5H2. The Morgan fingerprint density at radius 3 is 3.11 bits per heavy atom. The highest BCUT2D eigenvalue weighted by molar-refractivity contribution is 9.11. The van der Waals surface area contributed by atoms with Crippen LogP contribution in [0.3, 0.4) is 0 Å². The van der Waals surface area contributed by atoms with Gasteiger partial charge < -0.3 is 5.32 Å². The number of aromatic nitrogens is 4. The third-order valence-corrected chi connectivity index (χ3v) is 4.08. The molecule has 0 atom stereocenters. The molecule has 0 saturated heterocycles. The van der Waals surface area contributed by atoms with Crippen molar-refractivity contribution >= 4 is 33.0 Å². The van der Waals surface area contributed by atoms with Crippen molar-refractivity contribution in [3.63, 3.8) is 0 Å². The highest BCUT2D eigenvalue weighted by Gasteiger charge is 2.06. The van der Waals surface area contributed by atoms with Gasteiger partial charge in [0.05, 0.1) is 9.47 Å². The lowest BCUT2D eigenvalue weighted by atomic mass is 10.3. The van der Waals surface area contributed by atoms with Gasteiger partial charge in [0.25, 0.3) is 0 Å². The van der Waals surface area contributed by atoms with E-state index in [0.29, 0.717) is 0 Å². The molecule has 0 saturated carbocycles. The Labute approximate surface area is 122 Å². The van der Waals surface area contributed by atoms with Crippen molar-refractivity contribution in [2.75, 3.05) is 5.32 Å². The molecule has 3 aromatic heterocycles. The van der Waals surface area contributed by atoms with Gasteiger partial charge in [-0.1, -0.05) is 0 Å². The van der Waals surface area contributed by atoms with Gasteiger partial charge in [0, 0.05) is 12.7 Å². The van der Waals surface area contributed by atoms with Crippen LogP contribution in [0.2, 0.25) is 0 Å². The topological polar surface area (TPSA) is 55.6 Å². The van der Waals surface area contributed by atoms with Gasteiger partial charge in [0.1, 0.15) is 12.7 Å². The summed E-state index contributed by atoms with van der Waals surface area (Å²) in [6.45, 7) is 0.746. The maximum Gasteiger partial charge on any atom is 0.178 e. The first-order valence-corrected chi connectivity index (χ1v) is 7.27. The summed E-state index contributed by atoms with van der Waals surface area (Å²) < 4.78 is 2.78. The van der Waals surface area contributed by atoms with Crippen molar-refractivity contribution in [1.82, 2.24) is 19.7 Å². The van der Waals surface area contributed by atoms with Gasteiger partial charge in [-0.25, -0.2) is 14.6 Å². The third-order valence-electron chi connectivity index (χ3n) is 2.53. The van der Waals surface area contributed by atoms with Crippen molar-refractivity contribution in [3.8, 4) is 5.82 Å². The zero-order valence-electron chi connectivity index (χ0n) is 9.82. The Kier molecular flexibility index (Phi) is 3.56. The number of hydrogen-bond acceptors (Lipinski definition) is 5. The van der Waals surface area contributed by atoms with Gasteiger partial charge in [-0.05, 0) is 45.1 Å². The monoisotopic (exact) mass is 335 g/mol. The van der Waals surface area contributed by atoms with Crippen LogP contribution in [-0.2, 0) is 6.54 Å². The first-order chi connectivity index (χ1) is 9.33. The predicted molar refractivity (Wildman–Crippen MR) is 78.5 cm³/mol. The summed E-state index contributed by atoms with van der Waals surface area (Å²) in [4.78, 5) is 8.27. The summed E-state index contributed by atoms with van der Waals surface area (Å²) in [6, 6.07) is 5.97. The predicted octanol–water partition coefficient (Wildman–Crippen LogP) is 3.10. The number of pyridine rings is 1. The van der Waals surface area contributed by atoms with E-state index in [-0.39, 0.29) is 0 Å². The molecule has 96 valence electrons. The molecule has 0 aliphatic rings. The number of nitrogens with zero attached hydrogens (tertiary/aromatic N) is 4. The fourth-order valence-corrected chi connectivity index (χ4v) is 2.88. The molecule has 3 aromatic rings. The van der Waals surface area contributed by atoms with Crippen molar-refractivity contribution in [2.24, 2.45) is 0 Å². The van der Waals surface area contributed by atoms with Gasteiger partial charge in [-0.15, -0.1) is 11.3 Å².